The first-order chi connectivity index (χ1) is 12.0. The minimum absolute atomic E-state index is 0.0392. The summed E-state index contributed by atoms with van der Waals surface area (Å²) in [6.07, 6.45) is 0. The van der Waals surface area contributed by atoms with E-state index in [0.717, 1.165) is 6.07 Å². The fraction of sp³-hybridized carbons (Fsp3) is 0.222. The number of halogens is 3. The third-order valence-electron chi connectivity index (χ3n) is 4.11. The molecule has 4 nitrogen and oxygen atoms in total. The molecule has 1 aliphatic heterocycles. The summed E-state index contributed by atoms with van der Waals surface area (Å²) in [5.41, 5.74) is 0.354. The van der Waals surface area contributed by atoms with Crippen molar-refractivity contribution in [2.45, 2.75) is 0 Å². The molecule has 7 heteroatoms. The van der Waals surface area contributed by atoms with Crippen molar-refractivity contribution in [2.75, 3.05) is 26.2 Å². The van der Waals surface area contributed by atoms with Gasteiger partial charge in [-0.3, -0.25) is 9.59 Å². The Balaban J connectivity index is 1.64. The van der Waals surface area contributed by atoms with Crippen molar-refractivity contribution in [2.24, 2.45) is 0 Å². The van der Waals surface area contributed by atoms with Gasteiger partial charge in [-0.1, -0.05) is 11.6 Å². The lowest BCUT2D eigenvalue weighted by Gasteiger charge is -2.35. The lowest BCUT2D eigenvalue weighted by atomic mass is 10.1. The van der Waals surface area contributed by atoms with Crippen molar-refractivity contribution < 1.29 is 18.4 Å². The average Bonchev–Trinajstić information content (AvgIpc) is 2.61. The standard InChI is InChI=1S/C18H15ClF2N2O2/c19-13-3-6-15(16(21)11-13)18(25)23-9-7-22(8-10-23)17(24)12-1-4-14(20)5-2-12/h1-6,11H,7-10H2. The largest absolute Gasteiger partial charge is 0.335 e. The van der Waals surface area contributed by atoms with Crippen LogP contribution >= 0.6 is 11.6 Å². The zero-order valence-corrected chi connectivity index (χ0v) is 14.0. The van der Waals surface area contributed by atoms with E-state index in [1.54, 1.807) is 4.90 Å². The summed E-state index contributed by atoms with van der Waals surface area (Å²) in [4.78, 5) is 27.9. The number of piperazine rings is 1. The molecule has 2 amide bonds. The highest BCUT2D eigenvalue weighted by Crippen LogP contribution is 2.18. The summed E-state index contributed by atoms with van der Waals surface area (Å²) >= 11 is 5.70. The lowest BCUT2D eigenvalue weighted by molar-refractivity contribution is 0.0532. The number of carbonyl (C=O) groups is 2. The Labute approximate surface area is 148 Å². The Morgan fingerprint density at radius 1 is 0.840 bits per heavy atom. The van der Waals surface area contributed by atoms with Gasteiger partial charge in [0, 0.05) is 36.8 Å². The SMILES string of the molecule is O=C(c1ccc(F)cc1)N1CCN(C(=O)c2ccc(Cl)cc2F)CC1. The molecule has 0 radical (unpaired) electrons. The number of hydrogen-bond donors (Lipinski definition) is 0. The normalized spacial score (nSPS) is 14.5. The van der Waals surface area contributed by atoms with E-state index in [1.165, 1.54) is 41.3 Å². The maximum atomic E-state index is 13.9. The fourth-order valence-electron chi connectivity index (χ4n) is 2.72. The molecule has 0 N–H and O–H groups in total. The first-order valence-electron chi connectivity index (χ1n) is 7.75. The highest BCUT2D eigenvalue weighted by atomic mass is 35.5. The van der Waals surface area contributed by atoms with Crippen LogP contribution in [0.2, 0.25) is 5.02 Å². The molecule has 1 saturated heterocycles. The van der Waals surface area contributed by atoms with Crippen LogP contribution in [0.4, 0.5) is 8.78 Å². The van der Waals surface area contributed by atoms with Gasteiger partial charge in [0.15, 0.2) is 0 Å². The van der Waals surface area contributed by atoms with Crippen molar-refractivity contribution >= 4 is 23.4 Å². The first kappa shape index (κ1) is 17.4. The van der Waals surface area contributed by atoms with Gasteiger partial charge >= 0.3 is 0 Å². The number of amides is 2. The van der Waals surface area contributed by atoms with Gasteiger partial charge in [0.1, 0.15) is 11.6 Å². The Morgan fingerprint density at radius 3 is 1.96 bits per heavy atom. The van der Waals surface area contributed by atoms with Gasteiger partial charge in [0.2, 0.25) is 0 Å². The van der Waals surface area contributed by atoms with E-state index < -0.39 is 17.5 Å². The Morgan fingerprint density at radius 2 is 1.40 bits per heavy atom. The predicted octanol–water partition coefficient (Wildman–Crippen LogP) is 3.22. The Hall–Kier alpha value is -2.47. The van der Waals surface area contributed by atoms with Crippen LogP contribution in [0.1, 0.15) is 20.7 Å². The van der Waals surface area contributed by atoms with Crippen LogP contribution in [0.15, 0.2) is 42.5 Å². The van der Waals surface area contributed by atoms with Crippen molar-refractivity contribution in [3.05, 3.63) is 70.2 Å². The second-order valence-electron chi connectivity index (χ2n) is 5.72. The van der Waals surface area contributed by atoms with E-state index in [0.29, 0.717) is 31.7 Å². The van der Waals surface area contributed by atoms with Gasteiger partial charge in [-0.25, -0.2) is 8.78 Å². The number of benzene rings is 2. The van der Waals surface area contributed by atoms with Crippen LogP contribution in [-0.4, -0.2) is 47.8 Å². The topological polar surface area (TPSA) is 40.6 Å². The zero-order chi connectivity index (χ0) is 18.0. The molecule has 0 spiro atoms. The number of rotatable bonds is 2. The second-order valence-corrected chi connectivity index (χ2v) is 6.15. The van der Waals surface area contributed by atoms with Crippen LogP contribution in [0.3, 0.4) is 0 Å². The third kappa shape index (κ3) is 3.79. The smallest absolute Gasteiger partial charge is 0.256 e. The fourth-order valence-corrected chi connectivity index (χ4v) is 2.88. The minimum Gasteiger partial charge on any atom is -0.335 e. The molecule has 0 atom stereocenters. The molecule has 0 aromatic heterocycles. The Bertz CT molecular complexity index is 803. The van der Waals surface area contributed by atoms with E-state index >= 15 is 0 Å². The van der Waals surface area contributed by atoms with E-state index in [9.17, 15) is 18.4 Å². The molecule has 130 valence electrons. The van der Waals surface area contributed by atoms with Crippen LogP contribution in [-0.2, 0) is 0 Å². The van der Waals surface area contributed by atoms with Crippen molar-refractivity contribution in [1.82, 2.24) is 9.80 Å². The summed E-state index contributed by atoms with van der Waals surface area (Å²) in [6, 6.07) is 9.24. The molecule has 1 aliphatic rings. The van der Waals surface area contributed by atoms with Crippen LogP contribution < -0.4 is 0 Å². The van der Waals surface area contributed by atoms with Crippen LogP contribution in [0, 0.1) is 11.6 Å². The van der Waals surface area contributed by atoms with Crippen molar-refractivity contribution in [3.8, 4) is 0 Å². The Kier molecular flexibility index (Phi) is 4.99. The summed E-state index contributed by atoms with van der Waals surface area (Å²) < 4.78 is 26.8. The van der Waals surface area contributed by atoms with Crippen molar-refractivity contribution in [3.63, 3.8) is 0 Å². The van der Waals surface area contributed by atoms with E-state index in [2.05, 4.69) is 0 Å². The minimum atomic E-state index is -0.665. The van der Waals surface area contributed by atoms with Gasteiger partial charge in [0.05, 0.1) is 5.56 Å². The number of hydrogen-bond acceptors (Lipinski definition) is 2. The zero-order valence-electron chi connectivity index (χ0n) is 13.2. The van der Waals surface area contributed by atoms with E-state index in [-0.39, 0.29) is 16.5 Å². The number of nitrogens with zero attached hydrogens (tertiary/aromatic N) is 2. The first-order valence-corrected chi connectivity index (χ1v) is 8.12. The number of carbonyl (C=O) groups excluding carboxylic acids is 2. The summed E-state index contributed by atoms with van der Waals surface area (Å²) in [6.45, 7) is 1.26. The van der Waals surface area contributed by atoms with Crippen molar-refractivity contribution in [1.29, 1.82) is 0 Å². The summed E-state index contributed by atoms with van der Waals surface area (Å²) in [5, 5.41) is 0.226. The van der Waals surface area contributed by atoms with Gasteiger partial charge < -0.3 is 9.80 Å². The van der Waals surface area contributed by atoms with Gasteiger partial charge in [-0.2, -0.15) is 0 Å². The summed E-state index contributed by atoms with van der Waals surface area (Å²) in [7, 11) is 0. The average molecular weight is 365 g/mol. The van der Waals surface area contributed by atoms with E-state index in [4.69, 9.17) is 11.6 Å². The molecular weight excluding hydrogens is 350 g/mol. The van der Waals surface area contributed by atoms with Crippen LogP contribution in [0.25, 0.3) is 0 Å². The van der Waals surface area contributed by atoms with E-state index in [1.807, 2.05) is 0 Å². The molecular formula is C18H15ClF2N2O2. The summed E-state index contributed by atoms with van der Waals surface area (Å²) in [5.74, 6) is -1.72. The lowest BCUT2D eigenvalue weighted by Crippen LogP contribution is -2.50. The van der Waals surface area contributed by atoms with Gasteiger partial charge in [0.25, 0.3) is 11.8 Å². The maximum absolute atomic E-state index is 13.9. The quantitative estimate of drug-likeness (QED) is 0.821. The molecule has 0 unspecified atom stereocenters. The molecule has 0 aliphatic carbocycles. The third-order valence-corrected chi connectivity index (χ3v) is 4.34. The van der Waals surface area contributed by atoms with Crippen LogP contribution in [0.5, 0.6) is 0 Å². The monoisotopic (exact) mass is 364 g/mol. The van der Waals surface area contributed by atoms with Gasteiger partial charge in [-0.05, 0) is 42.5 Å². The highest BCUT2D eigenvalue weighted by molar-refractivity contribution is 6.30. The molecule has 2 aromatic carbocycles. The molecule has 1 heterocycles. The maximum Gasteiger partial charge on any atom is 0.256 e. The molecule has 0 bridgehead atoms. The van der Waals surface area contributed by atoms with Gasteiger partial charge in [-0.15, -0.1) is 0 Å². The highest BCUT2D eigenvalue weighted by Gasteiger charge is 2.26. The second kappa shape index (κ2) is 7.19. The molecule has 2 aromatic rings. The molecule has 0 saturated carbocycles. The molecule has 3 rings (SSSR count). The molecule has 1 fully saturated rings. The molecule has 25 heavy (non-hydrogen) atoms. The predicted molar refractivity (Wildman–Crippen MR) is 89.6 cm³/mol.